The number of rotatable bonds is 4. The molecule has 2 N–H and O–H groups in total. The van der Waals surface area contributed by atoms with Crippen LogP contribution in [0.15, 0.2) is 24.3 Å². The normalized spacial score (nSPS) is 12.5. The Hall–Kier alpha value is -1.81. The van der Waals surface area contributed by atoms with Crippen molar-refractivity contribution in [3.63, 3.8) is 0 Å². The number of ether oxygens (including phenoxy) is 1. The van der Waals surface area contributed by atoms with Gasteiger partial charge < -0.3 is 10.5 Å². The van der Waals surface area contributed by atoms with Crippen LogP contribution in [0.3, 0.4) is 0 Å². The molecule has 0 fully saturated rings. The van der Waals surface area contributed by atoms with Crippen molar-refractivity contribution in [3.05, 3.63) is 46.8 Å². The van der Waals surface area contributed by atoms with E-state index in [-0.39, 0.29) is 6.04 Å². The molecular formula is C15H21N3O. The zero-order chi connectivity index (χ0) is 14.0. The van der Waals surface area contributed by atoms with E-state index in [9.17, 15) is 0 Å². The number of nitrogens with two attached hydrogens (primary N) is 1. The van der Waals surface area contributed by atoms with Gasteiger partial charge in [-0.05, 0) is 32.4 Å². The van der Waals surface area contributed by atoms with Crippen molar-refractivity contribution in [1.82, 2.24) is 9.78 Å². The molecule has 0 saturated heterocycles. The summed E-state index contributed by atoms with van der Waals surface area (Å²) < 4.78 is 7.33. The third kappa shape index (κ3) is 2.63. The minimum Gasteiger partial charge on any atom is -0.496 e. The van der Waals surface area contributed by atoms with E-state index in [1.54, 1.807) is 7.11 Å². The SMILES string of the molecule is COc1ccccc1C(N)Cn1nc(C)c(C)c1C. The minimum atomic E-state index is -0.131. The molecule has 0 spiro atoms. The smallest absolute Gasteiger partial charge is 0.123 e. The number of hydrogen-bond donors (Lipinski definition) is 1. The van der Waals surface area contributed by atoms with Crippen molar-refractivity contribution in [3.8, 4) is 5.75 Å². The van der Waals surface area contributed by atoms with Crippen LogP contribution in [0.1, 0.15) is 28.6 Å². The van der Waals surface area contributed by atoms with E-state index in [4.69, 9.17) is 10.5 Å². The molecule has 1 aromatic carbocycles. The van der Waals surface area contributed by atoms with Gasteiger partial charge in [-0.1, -0.05) is 18.2 Å². The number of aryl methyl sites for hydroxylation is 1. The van der Waals surface area contributed by atoms with E-state index in [0.717, 1.165) is 17.0 Å². The maximum atomic E-state index is 6.29. The van der Waals surface area contributed by atoms with Crippen LogP contribution >= 0.6 is 0 Å². The topological polar surface area (TPSA) is 53.1 Å². The molecule has 4 nitrogen and oxygen atoms in total. The van der Waals surface area contributed by atoms with E-state index < -0.39 is 0 Å². The summed E-state index contributed by atoms with van der Waals surface area (Å²) in [4.78, 5) is 0. The summed E-state index contributed by atoms with van der Waals surface area (Å²) in [7, 11) is 1.67. The maximum absolute atomic E-state index is 6.29. The zero-order valence-corrected chi connectivity index (χ0v) is 12.0. The van der Waals surface area contributed by atoms with Crippen molar-refractivity contribution in [2.24, 2.45) is 5.73 Å². The summed E-state index contributed by atoms with van der Waals surface area (Å²) in [5, 5.41) is 4.53. The Morgan fingerprint density at radius 2 is 1.95 bits per heavy atom. The highest BCUT2D eigenvalue weighted by Crippen LogP contribution is 2.25. The second kappa shape index (κ2) is 5.45. The van der Waals surface area contributed by atoms with Gasteiger partial charge in [-0.25, -0.2) is 0 Å². The van der Waals surface area contributed by atoms with E-state index in [0.29, 0.717) is 6.54 Å². The summed E-state index contributed by atoms with van der Waals surface area (Å²) in [6.45, 7) is 6.83. The zero-order valence-electron chi connectivity index (χ0n) is 12.0. The first kappa shape index (κ1) is 13.6. The van der Waals surface area contributed by atoms with Gasteiger partial charge in [0.2, 0.25) is 0 Å². The predicted molar refractivity (Wildman–Crippen MR) is 76.4 cm³/mol. The Labute approximate surface area is 114 Å². The summed E-state index contributed by atoms with van der Waals surface area (Å²) in [6, 6.07) is 7.73. The average molecular weight is 259 g/mol. The molecular weight excluding hydrogens is 238 g/mol. The van der Waals surface area contributed by atoms with Gasteiger partial charge in [0.05, 0.1) is 25.4 Å². The molecule has 1 heterocycles. The fraction of sp³-hybridized carbons (Fsp3) is 0.400. The van der Waals surface area contributed by atoms with Crippen LogP contribution in [0, 0.1) is 20.8 Å². The lowest BCUT2D eigenvalue weighted by Gasteiger charge is -2.16. The number of aromatic nitrogens is 2. The van der Waals surface area contributed by atoms with Crippen molar-refractivity contribution in [2.75, 3.05) is 7.11 Å². The van der Waals surface area contributed by atoms with Crippen molar-refractivity contribution >= 4 is 0 Å². The molecule has 0 aliphatic carbocycles. The largest absolute Gasteiger partial charge is 0.496 e. The lowest BCUT2D eigenvalue weighted by Crippen LogP contribution is -2.20. The Bertz CT molecular complexity index is 575. The molecule has 0 aliphatic rings. The second-order valence-electron chi connectivity index (χ2n) is 4.83. The first-order valence-corrected chi connectivity index (χ1v) is 6.43. The minimum absolute atomic E-state index is 0.131. The summed E-state index contributed by atoms with van der Waals surface area (Å²) >= 11 is 0. The number of methoxy groups -OCH3 is 1. The van der Waals surface area contributed by atoms with Gasteiger partial charge in [-0.3, -0.25) is 4.68 Å². The van der Waals surface area contributed by atoms with Gasteiger partial charge in [0.15, 0.2) is 0 Å². The fourth-order valence-electron chi connectivity index (χ4n) is 2.22. The number of nitrogens with zero attached hydrogens (tertiary/aromatic N) is 2. The van der Waals surface area contributed by atoms with Crippen molar-refractivity contribution < 1.29 is 4.74 Å². The monoisotopic (exact) mass is 259 g/mol. The van der Waals surface area contributed by atoms with Gasteiger partial charge in [0.1, 0.15) is 5.75 Å². The van der Waals surface area contributed by atoms with Gasteiger partial charge >= 0.3 is 0 Å². The molecule has 1 atom stereocenters. The molecule has 102 valence electrons. The van der Waals surface area contributed by atoms with Crippen molar-refractivity contribution in [2.45, 2.75) is 33.4 Å². The van der Waals surface area contributed by atoms with Gasteiger partial charge in [-0.15, -0.1) is 0 Å². The van der Waals surface area contributed by atoms with Crippen LogP contribution in [0.5, 0.6) is 5.75 Å². The molecule has 0 bridgehead atoms. The van der Waals surface area contributed by atoms with E-state index in [2.05, 4.69) is 18.9 Å². The molecule has 1 aromatic heterocycles. The third-order valence-electron chi connectivity index (χ3n) is 3.65. The Morgan fingerprint density at radius 3 is 2.53 bits per heavy atom. The van der Waals surface area contributed by atoms with Crippen LogP contribution < -0.4 is 10.5 Å². The molecule has 2 aromatic rings. The Kier molecular flexibility index (Phi) is 3.90. The van der Waals surface area contributed by atoms with Crippen LogP contribution in [-0.4, -0.2) is 16.9 Å². The summed E-state index contributed by atoms with van der Waals surface area (Å²) in [5.74, 6) is 0.827. The van der Waals surface area contributed by atoms with E-state index in [1.165, 1.54) is 11.3 Å². The Morgan fingerprint density at radius 1 is 1.26 bits per heavy atom. The van der Waals surface area contributed by atoms with E-state index in [1.807, 2.05) is 35.9 Å². The molecule has 4 heteroatoms. The number of hydrogen-bond acceptors (Lipinski definition) is 3. The molecule has 0 radical (unpaired) electrons. The molecule has 0 amide bonds. The first-order valence-electron chi connectivity index (χ1n) is 6.43. The number of para-hydroxylation sites is 1. The average Bonchev–Trinajstić information content (AvgIpc) is 2.66. The quantitative estimate of drug-likeness (QED) is 0.918. The molecule has 1 unspecified atom stereocenters. The summed E-state index contributed by atoms with van der Waals surface area (Å²) in [6.07, 6.45) is 0. The van der Waals surface area contributed by atoms with Crippen LogP contribution in [-0.2, 0) is 6.54 Å². The first-order chi connectivity index (χ1) is 9.04. The van der Waals surface area contributed by atoms with Gasteiger partial charge in [0.25, 0.3) is 0 Å². The third-order valence-corrected chi connectivity index (χ3v) is 3.65. The van der Waals surface area contributed by atoms with Gasteiger partial charge in [-0.2, -0.15) is 5.10 Å². The predicted octanol–water partition coefficient (Wildman–Crippen LogP) is 2.52. The highest BCUT2D eigenvalue weighted by atomic mass is 16.5. The molecule has 19 heavy (non-hydrogen) atoms. The van der Waals surface area contributed by atoms with E-state index >= 15 is 0 Å². The maximum Gasteiger partial charge on any atom is 0.123 e. The highest BCUT2D eigenvalue weighted by molar-refractivity contribution is 5.35. The lowest BCUT2D eigenvalue weighted by atomic mass is 10.1. The van der Waals surface area contributed by atoms with Crippen LogP contribution in [0.2, 0.25) is 0 Å². The Balaban J connectivity index is 2.25. The summed E-state index contributed by atoms with van der Waals surface area (Å²) in [5.41, 5.74) is 10.8. The van der Waals surface area contributed by atoms with Crippen molar-refractivity contribution in [1.29, 1.82) is 0 Å². The molecule has 0 aliphatic heterocycles. The van der Waals surface area contributed by atoms with Crippen LogP contribution in [0.25, 0.3) is 0 Å². The van der Waals surface area contributed by atoms with Crippen LogP contribution in [0.4, 0.5) is 0 Å². The second-order valence-corrected chi connectivity index (χ2v) is 4.83. The fourth-order valence-corrected chi connectivity index (χ4v) is 2.22. The molecule has 0 saturated carbocycles. The lowest BCUT2D eigenvalue weighted by molar-refractivity contribution is 0.399. The number of benzene rings is 1. The van der Waals surface area contributed by atoms with Gasteiger partial charge in [0, 0.05) is 11.3 Å². The standard InChI is InChI=1S/C15H21N3O/c1-10-11(2)17-18(12(10)3)9-14(16)13-7-5-6-8-15(13)19-4/h5-8,14H,9,16H2,1-4H3. The highest BCUT2D eigenvalue weighted by Gasteiger charge is 2.15. The molecule has 2 rings (SSSR count).